The molecule has 0 amide bonds. The molecule has 4 heteroatoms. The van der Waals surface area contributed by atoms with Gasteiger partial charge < -0.3 is 9.88 Å². The van der Waals surface area contributed by atoms with Crippen molar-refractivity contribution >= 4 is 17.5 Å². The van der Waals surface area contributed by atoms with Crippen LogP contribution < -0.4 is 5.32 Å². The van der Waals surface area contributed by atoms with Crippen LogP contribution in [-0.4, -0.2) is 16.6 Å². The van der Waals surface area contributed by atoms with Crippen LogP contribution in [0.2, 0.25) is 5.02 Å². The molecule has 0 aliphatic rings. The zero-order valence-corrected chi connectivity index (χ0v) is 11.0. The Balaban J connectivity index is 2.35. The van der Waals surface area contributed by atoms with Crippen LogP contribution >= 0.6 is 11.6 Å². The van der Waals surface area contributed by atoms with Crippen LogP contribution in [0.3, 0.4) is 0 Å². The lowest BCUT2D eigenvalue weighted by molar-refractivity contribution is 0.645. The molecule has 0 radical (unpaired) electrons. The van der Waals surface area contributed by atoms with Gasteiger partial charge in [-0.2, -0.15) is 0 Å². The van der Waals surface area contributed by atoms with Crippen LogP contribution in [0.5, 0.6) is 0 Å². The lowest BCUT2D eigenvalue weighted by Gasteiger charge is -2.16. The van der Waals surface area contributed by atoms with Gasteiger partial charge in [-0.15, -0.1) is 0 Å². The van der Waals surface area contributed by atoms with E-state index in [2.05, 4.69) is 21.8 Å². The van der Waals surface area contributed by atoms with E-state index in [1.807, 2.05) is 44.4 Å². The molecule has 1 aromatic heterocycles. The van der Waals surface area contributed by atoms with Gasteiger partial charge in [0.25, 0.3) is 0 Å². The summed E-state index contributed by atoms with van der Waals surface area (Å²) in [5.41, 5.74) is 2.22. The van der Waals surface area contributed by atoms with Crippen molar-refractivity contribution in [2.75, 3.05) is 12.4 Å². The standard InChI is InChI=1S/C13H16ClN3/c1-9-8-17(13(15-3)16-9)10(2)11-4-6-12(14)7-5-11/h4-8,10H,1-3H3,(H,15,16). The molecule has 0 aliphatic heterocycles. The first kappa shape index (κ1) is 12.0. The summed E-state index contributed by atoms with van der Waals surface area (Å²) in [4.78, 5) is 4.42. The molecule has 1 heterocycles. The fourth-order valence-electron chi connectivity index (χ4n) is 1.90. The summed E-state index contributed by atoms with van der Waals surface area (Å²) in [6.45, 7) is 4.14. The molecule has 0 saturated heterocycles. The smallest absolute Gasteiger partial charge is 0.203 e. The molecule has 1 atom stereocenters. The van der Waals surface area contributed by atoms with E-state index in [4.69, 9.17) is 11.6 Å². The Morgan fingerprint density at radius 2 is 1.94 bits per heavy atom. The van der Waals surface area contributed by atoms with E-state index in [1.54, 1.807) is 0 Å². The monoisotopic (exact) mass is 249 g/mol. The van der Waals surface area contributed by atoms with Crippen molar-refractivity contribution in [3.8, 4) is 0 Å². The van der Waals surface area contributed by atoms with Gasteiger partial charge >= 0.3 is 0 Å². The molecule has 0 spiro atoms. The Morgan fingerprint density at radius 1 is 1.29 bits per heavy atom. The highest BCUT2D eigenvalue weighted by molar-refractivity contribution is 6.30. The summed E-state index contributed by atoms with van der Waals surface area (Å²) < 4.78 is 2.12. The first-order valence-corrected chi connectivity index (χ1v) is 5.98. The van der Waals surface area contributed by atoms with Crippen molar-refractivity contribution in [1.82, 2.24) is 9.55 Å². The topological polar surface area (TPSA) is 29.9 Å². The highest BCUT2D eigenvalue weighted by Gasteiger charge is 2.12. The molecule has 3 nitrogen and oxygen atoms in total. The van der Waals surface area contributed by atoms with E-state index >= 15 is 0 Å². The zero-order chi connectivity index (χ0) is 12.4. The Morgan fingerprint density at radius 3 is 2.53 bits per heavy atom. The summed E-state index contributed by atoms with van der Waals surface area (Å²) in [7, 11) is 1.88. The molecule has 0 aliphatic carbocycles. The van der Waals surface area contributed by atoms with Crippen LogP contribution in [0.1, 0.15) is 24.2 Å². The average molecular weight is 250 g/mol. The molecule has 90 valence electrons. The molecule has 1 unspecified atom stereocenters. The number of anilines is 1. The van der Waals surface area contributed by atoms with E-state index in [9.17, 15) is 0 Å². The normalized spacial score (nSPS) is 12.5. The predicted molar refractivity (Wildman–Crippen MR) is 71.8 cm³/mol. The summed E-state index contributed by atoms with van der Waals surface area (Å²) in [5, 5.41) is 3.86. The summed E-state index contributed by atoms with van der Waals surface area (Å²) in [6, 6.07) is 8.15. The molecular weight excluding hydrogens is 234 g/mol. The van der Waals surface area contributed by atoms with Crippen molar-refractivity contribution in [3.05, 3.63) is 46.7 Å². The van der Waals surface area contributed by atoms with Crippen LogP contribution in [0.15, 0.2) is 30.5 Å². The number of rotatable bonds is 3. The van der Waals surface area contributed by atoms with E-state index < -0.39 is 0 Å². The van der Waals surface area contributed by atoms with Gasteiger partial charge in [-0.25, -0.2) is 4.98 Å². The van der Waals surface area contributed by atoms with Gasteiger partial charge in [0, 0.05) is 18.3 Å². The molecule has 2 aromatic rings. The minimum absolute atomic E-state index is 0.232. The molecular formula is C13H16ClN3. The molecule has 17 heavy (non-hydrogen) atoms. The highest BCUT2D eigenvalue weighted by Crippen LogP contribution is 2.23. The van der Waals surface area contributed by atoms with E-state index in [0.29, 0.717) is 0 Å². The largest absolute Gasteiger partial charge is 0.359 e. The number of aryl methyl sites for hydroxylation is 1. The molecule has 0 bridgehead atoms. The fourth-order valence-corrected chi connectivity index (χ4v) is 2.02. The summed E-state index contributed by atoms with van der Waals surface area (Å²) in [5.74, 6) is 0.880. The third-order valence-electron chi connectivity index (χ3n) is 2.85. The predicted octanol–water partition coefficient (Wildman–Crippen LogP) is 3.50. The maximum atomic E-state index is 5.89. The molecule has 0 saturated carbocycles. The van der Waals surface area contributed by atoms with Crippen LogP contribution in [0.25, 0.3) is 0 Å². The SMILES string of the molecule is CNc1nc(C)cn1C(C)c1ccc(Cl)cc1. The fraction of sp³-hybridized carbons (Fsp3) is 0.308. The molecule has 2 rings (SSSR count). The van der Waals surface area contributed by atoms with E-state index in [-0.39, 0.29) is 6.04 Å². The number of benzene rings is 1. The summed E-state index contributed by atoms with van der Waals surface area (Å²) >= 11 is 5.89. The van der Waals surface area contributed by atoms with Crippen LogP contribution in [0.4, 0.5) is 5.95 Å². The number of aromatic nitrogens is 2. The van der Waals surface area contributed by atoms with Crippen molar-refractivity contribution in [1.29, 1.82) is 0 Å². The lowest BCUT2D eigenvalue weighted by atomic mass is 10.1. The number of halogens is 1. The van der Waals surface area contributed by atoms with Crippen LogP contribution in [0, 0.1) is 6.92 Å². The highest BCUT2D eigenvalue weighted by atomic mass is 35.5. The maximum Gasteiger partial charge on any atom is 0.203 e. The van der Waals surface area contributed by atoms with Gasteiger partial charge in [-0.05, 0) is 31.5 Å². The Kier molecular flexibility index (Phi) is 3.38. The quantitative estimate of drug-likeness (QED) is 0.902. The third kappa shape index (κ3) is 2.44. The van der Waals surface area contributed by atoms with Gasteiger partial charge in [0.2, 0.25) is 5.95 Å². The first-order valence-electron chi connectivity index (χ1n) is 5.60. The zero-order valence-electron chi connectivity index (χ0n) is 10.2. The van der Waals surface area contributed by atoms with Gasteiger partial charge in [0.15, 0.2) is 0 Å². The van der Waals surface area contributed by atoms with Gasteiger partial charge in [-0.1, -0.05) is 23.7 Å². The number of nitrogens with one attached hydrogen (secondary N) is 1. The second-order valence-corrected chi connectivity index (χ2v) is 4.53. The molecule has 1 aromatic carbocycles. The summed E-state index contributed by atoms with van der Waals surface area (Å²) in [6.07, 6.45) is 2.05. The third-order valence-corrected chi connectivity index (χ3v) is 3.10. The second kappa shape index (κ2) is 4.80. The molecule has 1 N–H and O–H groups in total. The van der Waals surface area contributed by atoms with E-state index in [1.165, 1.54) is 5.56 Å². The van der Waals surface area contributed by atoms with Crippen molar-refractivity contribution < 1.29 is 0 Å². The van der Waals surface area contributed by atoms with Crippen LogP contribution in [-0.2, 0) is 0 Å². The van der Waals surface area contributed by atoms with E-state index in [0.717, 1.165) is 16.7 Å². The van der Waals surface area contributed by atoms with Crippen molar-refractivity contribution in [2.45, 2.75) is 19.9 Å². The Hall–Kier alpha value is -1.48. The van der Waals surface area contributed by atoms with Gasteiger partial charge in [0.1, 0.15) is 0 Å². The van der Waals surface area contributed by atoms with Gasteiger partial charge in [-0.3, -0.25) is 0 Å². The molecule has 0 fully saturated rings. The Bertz CT molecular complexity index is 502. The Labute approximate surface area is 106 Å². The number of hydrogen-bond acceptors (Lipinski definition) is 2. The number of nitrogens with zero attached hydrogens (tertiary/aromatic N) is 2. The van der Waals surface area contributed by atoms with Crippen molar-refractivity contribution in [3.63, 3.8) is 0 Å². The minimum Gasteiger partial charge on any atom is -0.359 e. The maximum absolute atomic E-state index is 5.89. The first-order chi connectivity index (χ1) is 8.11. The minimum atomic E-state index is 0.232. The average Bonchev–Trinajstić information content (AvgIpc) is 2.70. The second-order valence-electron chi connectivity index (χ2n) is 4.09. The lowest BCUT2D eigenvalue weighted by Crippen LogP contribution is -2.09. The number of hydrogen-bond donors (Lipinski definition) is 1. The number of imidazole rings is 1. The van der Waals surface area contributed by atoms with Crippen molar-refractivity contribution in [2.24, 2.45) is 0 Å². The van der Waals surface area contributed by atoms with Gasteiger partial charge in [0.05, 0.1) is 11.7 Å².